The highest BCUT2D eigenvalue weighted by Gasteiger charge is 2.24. The maximum atomic E-state index is 13.9. The van der Waals surface area contributed by atoms with Gasteiger partial charge in [-0.15, -0.1) is 0 Å². The number of hydrogen-bond donors (Lipinski definition) is 1. The fraction of sp³-hybridized carbons (Fsp3) is 0.250. The molecule has 0 atom stereocenters. The second-order valence-electron chi connectivity index (χ2n) is 7.04. The van der Waals surface area contributed by atoms with Gasteiger partial charge >= 0.3 is 0 Å². The SMILES string of the molecule is Cc1cc(C)c(C)c(S(=O)(=O)Nc2ccn(Cc3c(F)c(F)cc(F)c3F)n2)c1C. The van der Waals surface area contributed by atoms with Crippen molar-refractivity contribution < 1.29 is 26.0 Å². The molecule has 0 saturated carbocycles. The minimum atomic E-state index is -4.00. The van der Waals surface area contributed by atoms with E-state index in [2.05, 4.69) is 9.82 Å². The smallest absolute Gasteiger partial charge is 0.263 e. The summed E-state index contributed by atoms with van der Waals surface area (Å²) in [7, 11) is -4.00. The molecule has 1 N–H and O–H groups in total. The Balaban J connectivity index is 1.92. The van der Waals surface area contributed by atoms with Crippen LogP contribution in [0.5, 0.6) is 0 Å². The minimum absolute atomic E-state index is 0.106. The van der Waals surface area contributed by atoms with Crippen LogP contribution >= 0.6 is 0 Å². The molecule has 3 rings (SSSR count). The zero-order chi connectivity index (χ0) is 22.4. The highest BCUT2D eigenvalue weighted by Crippen LogP contribution is 2.27. The third-order valence-electron chi connectivity index (χ3n) is 4.97. The van der Waals surface area contributed by atoms with E-state index >= 15 is 0 Å². The molecule has 0 bridgehead atoms. The van der Waals surface area contributed by atoms with Gasteiger partial charge in [-0.3, -0.25) is 9.40 Å². The fourth-order valence-electron chi connectivity index (χ4n) is 3.20. The van der Waals surface area contributed by atoms with Crippen LogP contribution in [-0.4, -0.2) is 18.2 Å². The highest BCUT2D eigenvalue weighted by atomic mass is 32.2. The van der Waals surface area contributed by atoms with Gasteiger partial charge in [0, 0.05) is 18.3 Å². The lowest BCUT2D eigenvalue weighted by Gasteiger charge is -2.15. The summed E-state index contributed by atoms with van der Waals surface area (Å²) in [5.41, 5.74) is 1.94. The highest BCUT2D eigenvalue weighted by molar-refractivity contribution is 7.92. The van der Waals surface area contributed by atoms with E-state index < -0.39 is 45.4 Å². The molecule has 0 unspecified atom stereocenters. The van der Waals surface area contributed by atoms with Crippen molar-refractivity contribution in [1.29, 1.82) is 0 Å². The molecule has 160 valence electrons. The standard InChI is InChI=1S/C20H19F4N3O2S/c1-10-7-11(2)13(4)20(12(10)3)30(28,29)26-17-5-6-27(25-17)9-14-18(23)15(21)8-16(22)19(14)24/h5-8H,9H2,1-4H3,(H,25,26). The van der Waals surface area contributed by atoms with Crippen molar-refractivity contribution in [3.8, 4) is 0 Å². The van der Waals surface area contributed by atoms with E-state index in [-0.39, 0.29) is 16.8 Å². The summed E-state index contributed by atoms with van der Waals surface area (Å²) in [4.78, 5) is 0.124. The molecule has 0 amide bonds. The van der Waals surface area contributed by atoms with Crippen LogP contribution in [0, 0.1) is 51.0 Å². The number of nitrogens with zero attached hydrogens (tertiary/aromatic N) is 2. The molecular formula is C20H19F4N3O2S. The zero-order valence-electron chi connectivity index (χ0n) is 16.6. The Kier molecular flexibility index (Phi) is 5.64. The van der Waals surface area contributed by atoms with Crippen molar-refractivity contribution in [2.24, 2.45) is 0 Å². The van der Waals surface area contributed by atoms with Crippen LogP contribution in [0.2, 0.25) is 0 Å². The van der Waals surface area contributed by atoms with Gasteiger partial charge in [0.2, 0.25) is 0 Å². The van der Waals surface area contributed by atoms with Gasteiger partial charge in [-0.1, -0.05) is 6.07 Å². The first-order chi connectivity index (χ1) is 13.9. The normalized spacial score (nSPS) is 11.7. The number of halogens is 4. The second kappa shape index (κ2) is 7.75. The average Bonchev–Trinajstić information content (AvgIpc) is 3.08. The Morgan fingerprint density at radius 1 is 0.933 bits per heavy atom. The molecule has 0 spiro atoms. The van der Waals surface area contributed by atoms with E-state index in [1.807, 2.05) is 6.07 Å². The second-order valence-corrected chi connectivity index (χ2v) is 8.66. The number of aryl methyl sites for hydroxylation is 2. The first kappa shape index (κ1) is 21.8. The molecule has 0 radical (unpaired) electrons. The number of anilines is 1. The molecule has 30 heavy (non-hydrogen) atoms. The third kappa shape index (κ3) is 3.91. The summed E-state index contributed by atoms with van der Waals surface area (Å²) in [6.07, 6.45) is 1.24. The summed E-state index contributed by atoms with van der Waals surface area (Å²) >= 11 is 0. The molecule has 0 aliphatic carbocycles. The lowest BCUT2D eigenvalue weighted by atomic mass is 10.0. The van der Waals surface area contributed by atoms with E-state index in [1.54, 1.807) is 27.7 Å². The van der Waals surface area contributed by atoms with Gasteiger partial charge < -0.3 is 0 Å². The summed E-state index contributed by atoms with van der Waals surface area (Å²) in [5, 5.41) is 3.91. The Bertz CT molecular complexity index is 1200. The molecule has 10 heteroatoms. The van der Waals surface area contributed by atoms with Crippen LogP contribution in [-0.2, 0) is 16.6 Å². The summed E-state index contributed by atoms with van der Waals surface area (Å²) in [6, 6.07) is 3.28. The van der Waals surface area contributed by atoms with Gasteiger partial charge in [0.15, 0.2) is 29.1 Å². The van der Waals surface area contributed by atoms with Crippen LogP contribution in [0.25, 0.3) is 0 Å². The minimum Gasteiger partial charge on any atom is -0.266 e. The summed E-state index contributed by atoms with van der Waals surface area (Å²) < 4.78 is 83.6. The van der Waals surface area contributed by atoms with Crippen molar-refractivity contribution in [2.75, 3.05) is 4.72 Å². The lowest BCUT2D eigenvalue weighted by molar-refractivity contribution is 0.431. The van der Waals surface area contributed by atoms with Crippen molar-refractivity contribution in [3.05, 3.63) is 75.5 Å². The van der Waals surface area contributed by atoms with Gasteiger partial charge in [-0.2, -0.15) is 5.10 Å². The molecule has 0 saturated heterocycles. The Morgan fingerprint density at radius 2 is 1.47 bits per heavy atom. The predicted octanol–water partition coefficient (Wildman–Crippen LogP) is 4.52. The third-order valence-corrected chi connectivity index (χ3v) is 6.60. The average molecular weight is 441 g/mol. The molecular weight excluding hydrogens is 422 g/mol. The first-order valence-corrected chi connectivity index (χ1v) is 10.4. The number of hydrogen-bond acceptors (Lipinski definition) is 3. The van der Waals surface area contributed by atoms with Crippen molar-refractivity contribution >= 4 is 15.8 Å². The maximum absolute atomic E-state index is 13.9. The molecule has 0 aliphatic heterocycles. The lowest BCUT2D eigenvalue weighted by Crippen LogP contribution is -2.17. The van der Waals surface area contributed by atoms with E-state index in [9.17, 15) is 26.0 Å². The number of aromatic nitrogens is 2. The van der Waals surface area contributed by atoms with Crippen molar-refractivity contribution in [3.63, 3.8) is 0 Å². The monoisotopic (exact) mass is 441 g/mol. The quantitative estimate of drug-likeness (QED) is 0.468. The van der Waals surface area contributed by atoms with Gasteiger partial charge in [-0.05, 0) is 49.9 Å². The molecule has 1 heterocycles. The first-order valence-electron chi connectivity index (χ1n) is 8.88. The van der Waals surface area contributed by atoms with Gasteiger partial charge in [0.05, 0.1) is 17.0 Å². The topological polar surface area (TPSA) is 64.0 Å². The van der Waals surface area contributed by atoms with E-state index in [1.165, 1.54) is 12.3 Å². The van der Waals surface area contributed by atoms with Gasteiger partial charge in [0.1, 0.15) is 0 Å². The Hall–Kier alpha value is -2.88. The van der Waals surface area contributed by atoms with Crippen LogP contribution in [0.1, 0.15) is 27.8 Å². The Morgan fingerprint density at radius 3 is 2.00 bits per heavy atom. The molecule has 5 nitrogen and oxygen atoms in total. The number of rotatable bonds is 5. The van der Waals surface area contributed by atoms with Crippen LogP contribution < -0.4 is 4.72 Å². The van der Waals surface area contributed by atoms with Crippen LogP contribution in [0.3, 0.4) is 0 Å². The fourth-order valence-corrected chi connectivity index (χ4v) is 4.81. The molecule has 3 aromatic rings. The van der Waals surface area contributed by atoms with Crippen LogP contribution in [0.4, 0.5) is 23.4 Å². The number of sulfonamides is 1. The molecule has 0 aliphatic rings. The van der Waals surface area contributed by atoms with E-state index in [0.717, 1.165) is 15.8 Å². The number of nitrogens with one attached hydrogen (secondary N) is 1. The summed E-state index contributed by atoms with van der Waals surface area (Å²) in [6.45, 7) is 6.36. The summed E-state index contributed by atoms with van der Waals surface area (Å²) in [5.74, 6) is -6.23. The molecule has 2 aromatic carbocycles. The number of benzene rings is 2. The largest absolute Gasteiger partial charge is 0.266 e. The van der Waals surface area contributed by atoms with Gasteiger partial charge in [0.25, 0.3) is 10.0 Å². The zero-order valence-corrected chi connectivity index (χ0v) is 17.5. The van der Waals surface area contributed by atoms with Crippen LogP contribution in [0.15, 0.2) is 29.3 Å². The van der Waals surface area contributed by atoms with Crippen molar-refractivity contribution in [2.45, 2.75) is 39.1 Å². The van der Waals surface area contributed by atoms with E-state index in [0.29, 0.717) is 11.1 Å². The maximum Gasteiger partial charge on any atom is 0.263 e. The van der Waals surface area contributed by atoms with Crippen molar-refractivity contribution in [1.82, 2.24) is 9.78 Å². The van der Waals surface area contributed by atoms with E-state index in [4.69, 9.17) is 0 Å². The Labute approximate surface area is 171 Å². The predicted molar refractivity (Wildman–Crippen MR) is 104 cm³/mol. The molecule has 0 fully saturated rings. The van der Waals surface area contributed by atoms with Gasteiger partial charge in [-0.25, -0.2) is 26.0 Å². The molecule has 1 aromatic heterocycles.